The second-order valence-electron chi connectivity index (χ2n) is 7.27. The highest BCUT2D eigenvalue weighted by atomic mass is 16.2. The Morgan fingerprint density at radius 1 is 1.15 bits per heavy atom. The van der Waals surface area contributed by atoms with Crippen molar-refractivity contribution in [2.45, 2.75) is 46.0 Å². The van der Waals surface area contributed by atoms with Gasteiger partial charge in [-0.1, -0.05) is 57.2 Å². The van der Waals surface area contributed by atoms with Gasteiger partial charge >= 0.3 is 0 Å². The number of anilines is 2. The fourth-order valence-electron chi connectivity index (χ4n) is 3.67. The third-order valence-electron chi connectivity index (χ3n) is 5.52. The lowest BCUT2D eigenvalue weighted by Crippen LogP contribution is -2.29. The molecule has 142 valence electrons. The van der Waals surface area contributed by atoms with Crippen molar-refractivity contribution < 1.29 is 9.59 Å². The smallest absolute Gasteiger partial charge is 0.229 e. The Balaban J connectivity index is 1.77. The Labute approximate surface area is 161 Å². The number of rotatable bonds is 6. The Morgan fingerprint density at radius 2 is 1.85 bits per heavy atom. The highest BCUT2D eigenvalue weighted by Gasteiger charge is 2.36. The fourth-order valence-corrected chi connectivity index (χ4v) is 3.67. The lowest BCUT2D eigenvalue weighted by Gasteiger charge is -2.23. The van der Waals surface area contributed by atoms with Crippen LogP contribution in [0, 0.1) is 5.92 Å². The molecule has 4 nitrogen and oxygen atoms in total. The van der Waals surface area contributed by atoms with Gasteiger partial charge in [-0.15, -0.1) is 0 Å². The number of carbonyl (C=O) groups is 2. The molecule has 4 heteroatoms. The number of hydrogen-bond donors (Lipinski definition) is 1. The molecule has 1 fully saturated rings. The lowest BCUT2D eigenvalue weighted by atomic mass is 9.96. The normalized spacial score (nSPS) is 17.8. The average Bonchev–Trinajstić information content (AvgIpc) is 3.09. The van der Waals surface area contributed by atoms with Crippen molar-refractivity contribution in [2.75, 3.05) is 16.8 Å². The van der Waals surface area contributed by atoms with E-state index in [0.29, 0.717) is 12.5 Å². The van der Waals surface area contributed by atoms with Crippen molar-refractivity contribution in [3.8, 4) is 0 Å². The maximum atomic E-state index is 12.8. The van der Waals surface area contributed by atoms with E-state index in [0.717, 1.165) is 29.8 Å². The Bertz CT molecular complexity index is 831. The van der Waals surface area contributed by atoms with Gasteiger partial charge in [-0.3, -0.25) is 9.59 Å². The zero-order chi connectivity index (χ0) is 19.4. The summed E-state index contributed by atoms with van der Waals surface area (Å²) in [6.07, 6.45) is 2.13. The van der Waals surface area contributed by atoms with Crippen LogP contribution in [0.1, 0.15) is 50.7 Å². The summed E-state index contributed by atoms with van der Waals surface area (Å²) in [6.45, 7) is 6.82. The molecular formula is C23H28N2O2. The van der Waals surface area contributed by atoms with Crippen LogP contribution in [-0.4, -0.2) is 18.4 Å². The molecular weight excluding hydrogens is 336 g/mol. The molecule has 1 saturated heterocycles. The van der Waals surface area contributed by atoms with E-state index in [1.807, 2.05) is 42.5 Å². The molecule has 1 aliphatic heterocycles. The summed E-state index contributed by atoms with van der Waals surface area (Å²) in [5.41, 5.74) is 4.07. The topological polar surface area (TPSA) is 49.4 Å². The number of benzene rings is 2. The molecule has 2 aromatic rings. The number of carbonyl (C=O) groups excluding carboxylic acids is 2. The van der Waals surface area contributed by atoms with E-state index in [4.69, 9.17) is 0 Å². The summed E-state index contributed by atoms with van der Waals surface area (Å²) in [5.74, 6) is -0.00633. The van der Waals surface area contributed by atoms with Gasteiger partial charge in [0.15, 0.2) is 0 Å². The van der Waals surface area contributed by atoms with Gasteiger partial charge in [0.2, 0.25) is 11.8 Å². The highest BCUT2D eigenvalue weighted by Crippen LogP contribution is 2.33. The minimum Gasteiger partial charge on any atom is -0.326 e. The molecule has 0 saturated carbocycles. The number of para-hydroxylation sites is 2. The van der Waals surface area contributed by atoms with Crippen molar-refractivity contribution in [3.05, 3.63) is 59.7 Å². The van der Waals surface area contributed by atoms with Crippen LogP contribution < -0.4 is 10.2 Å². The predicted molar refractivity (Wildman–Crippen MR) is 110 cm³/mol. The summed E-state index contributed by atoms with van der Waals surface area (Å²) in [4.78, 5) is 27.3. The van der Waals surface area contributed by atoms with E-state index in [1.54, 1.807) is 4.90 Å². The minimum absolute atomic E-state index is 0.0229. The van der Waals surface area contributed by atoms with E-state index in [2.05, 4.69) is 32.2 Å². The molecule has 1 N–H and O–H groups in total. The number of nitrogens with zero attached hydrogens (tertiary/aromatic N) is 1. The molecule has 2 amide bonds. The zero-order valence-electron chi connectivity index (χ0n) is 16.4. The van der Waals surface area contributed by atoms with E-state index in [9.17, 15) is 9.59 Å². The quantitative estimate of drug-likeness (QED) is 0.804. The maximum absolute atomic E-state index is 12.8. The van der Waals surface area contributed by atoms with Gasteiger partial charge < -0.3 is 10.2 Å². The van der Waals surface area contributed by atoms with Crippen LogP contribution in [0.15, 0.2) is 48.5 Å². The van der Waals surface area contributed by atoms with Crippen LogP contribution in [-0.2, 0) is 16.0 Å². The van der Waals surface area contributed by atoms with E-state index in [1.165, 1.54) is 5.56 Å². The second-order valence-corrected chi connectivity index (χ2v) is 7.27. The van der Waals surface area contributed by atoms with Crippen LogP contribution in [0.2, 0.25) is 0 Å². The zero-order valence-corrected chi connectivity index (χ0v) is 16.4. The van der Waals surface area contributed by atoms with Crippen molar-refractivity contribution in [1.82, 2.24) is 0 Å². The van der Waals surface area contributed by atoms with E-state index < -0.39 is 0 Å². The standard InChI is InChI=1S/C23H28N2O2/c1-4-16(3)19-11-7-9-13-21(19)25-15-18(14-22(25)26)23(27)24-20-12-8-6-10-17(20)5-2/h6-13,16,18H,4-5,14-15H2,1-3H3,(H,24,27)/t16-,18-/m1/s1. The second kappa shape index (κ2) is 8.38. The number of amides is 2. The van der Waals surface area contributed by atoms with Crippen molar-refractivity contribution in [1.29, 1.82) is 0 Å². The molecule has 2 atom stereocenters. The molecule has 2 aromatic carbocycles. The van der Waals surface area contributed by atoms with Crippen LogP contribution >= 0.6 is 0 Å². The molecule has 0 radical (unpaired) electrons. The van der Waals surface area contributed by atoms with Gasteiger partial charge in [0, 0.05) is 24.3 Å². The minimum atomic E-state index is -0.326. The first-order valence-electron chi connectivity index (χ1n) is 9.83. The molecule has 0 aromatic heterocycles. The Hall–Kier alpha value is -2.62. The largest absolute Gasteiger partial charge is 0.326 e. The third kappa shape index (κ3) is 4.05. The molecule has 0 aliphatic carbocycles. The van der Waals surface area contributed by atoms with Crippen molar-refractivity contribution in [2.24, 2.45) is 5.92 Å². The van der Waals surface area contributed by atoms with Crippen LogP contribution in [0.25, 0.3) is 0 Å². The molecule has 1 aliphatic rings. The van der Waals surface area contributed by atoms with Gasteiger partial charge in [-0.05, 0) is 42.0 Å². The number of hydrogen-bond acceptors (Lipinski definition) is 2. The molecule has 27 heavy (non-hydrogen) atoms. The maximum Gasteiger partial charge on any atom is 0.229 e. The monoisotopic (exact) mass is 364 g/mol. The summed E-state index contributed by atoms with van der Waals surface area (Å²) in [5, 5.41) is 3.03. The summed E-state index contributed by atoms with van der Waals surface area (Å²) >= 11 is 0. The summed E-state index contributed by atoms with van der Waals surface area (Å²) in [7, 11) is 0. The molecule has 0 unspecified atom stereocenters. The van der Waals surface area contributed by atoms with E-state index in [-0.39, 0.29) is 24.2 Å². The van der Waals surface area contributed by atoms with Crippen LogP contribution in [0.3, 0.4) is 0 Å². The average molecular weight is 364 g/mol. The predicted octanol–water partition coefficient (Wildman–Crippen LogP) is 4.75. The Kier molecular flexibility index (Phi) is 5.94. The molecule has 1 heterocycles. The number of nitrogens with one attached hydrogen (secondary N) is 1. The van der Waals surface area contributed by atoms with Crippen LogP contribution in [0.5, 0.6) is 0 Å². The first-order valence-corrected chi connectivity index (χ1v) is 9.83. The lowest BCUT2D eigenvalue weighted by molar-refractivity contribution is -0.122. The Morgan fingerprint density at radius 3 is 2.59 bits per heavy atom. The molecule has 0 bridgehead atoms. The molecule has 0 spiro atoms. The molecule has 3 rings (SSSR count). The number of aryl methyl sites for hydroxylation is 1. The van der Waals surface area contributed by atoms with Gasteiger partial charge in [-0.25, -0.2) is 0 Å². The van der Waals surface area contributed by atoms with Gasteiger partial charge in [0.05, 0.1) is 5.92 Å². The first-order chi connectivity index (χ1) is 13.0. The fraction of sp³-hybridized carbons (Fsp3) is 0.391. The van der Waals surface area contributed by atoms with Gasteiger partial charge in [0.25, 0.3) is 0 Å². The third-order valence-corrected chi connectivity index (χ3v) is 5.52. The van der Waals surface area contributed by atoms with Crippen LogP contribution in [0.4, 0.5) is 11.4 Å². The first kappa shape index (κ1) is 19.2. The summed E-state index contributed by atoms with van der Waals surface area (Å²) < 4.78 is 0. The highest BCUT2D eigenvalue weighted by molar-refractivity contribution is 6.04. The van der Waals surface area contributed by atoms with Crippen molar-refractivity contribution >= 4 is 23.2 Å². The van der Waals surface area contributed by atoms with Gasteiger partial charge in [-0.2, -0.15) is 0 Å². The SMILES string of the molecule is CCc1ccccc1NC(=O)[C@@H]1CC(=O)N(c2ccccc2[C@H](C)CC)C1. The van der Waals surface area contributed by atoms with Gasteiger partial charge in [0.1, 0.15) is 0 Å². The van der Waals surface area contributed by atoms with E-state index >= 15 is 0 Å². The summed E-state index contributed by atoms with van der Waals surface area (Å²) in [6, 6.07) is 15.9. The van der Waals surface area contributed by atoms with Crippen molar-refractivity contribution in [3.63, 3.8) is 0 Å².